The van der Waals surface area contributed by atoms with Gasteiger partial charge in [-0.2, -0.15) is 18.3 Å². The Bertz CT molecular complexity index is 1210. The molecule has 0 bridgehead atoms. The van der Waals surface area contributed by atoms with Crippen LogP contribution in [0.15, 0.2) is 41.8 Å². The normalized spacial score (nSPS) is 12.1. The van der Waals surface area contributed by atoms with Crippen molar-refractivity contribution in [1.82, 2.24) is 24.0 Å². The lowest BCUT2D eigenvalue weighted by atomic mass is 10.2. The van der Waals surface area contributed by atoms with Crippen molar-refractivity contribution in [2.75, 3.05) is 5.75 Å². The van der Waals surface area contributed by atoms with Gasteiger partial charge in [0.05, 0.1) is 16.8 Å². The molecule has 0 saturated carbocycles. The predicted molar refractivity (Wildman–Crippen MR) is 95.5 cm³/mol. The summed E-state index contributed by atoms with van der Waals surface area (Å²) >= 11 is 1.37. The summed E-state index contributed by atoms with van der Waals surface area (Å²) in [6.45, 7) is 1.91. The van der Waals surface area contributed by atoms with Crippen molar-refractivity contribution in [3.8, 4) is 11.3 Å². The number of nitrogens with zero attached hydrogens (tertiary/aromatic N) is 5. The minimum absolute atomic E-state index is 0.0719. The van der Waals surface area contributed by atoms with Gasteiger partial charge >= 0.3 is 12.1 Å². The molecular formula is C17H12F3N5O2S. The number of carboxylic acids is 1. The fourth-order valence-electron chi connectivity index (χ4n) is 2.83. The van der Waals surface area contributed by atoms with E-state index in [2.05, 4.69) is 15.1 Å². The molecule has 0 aliphatic carbocycles. The lowest BCUT2D eigenvalue weighted by Crippen LogP contribution is -2.06. The molecule has 1 N–H and O–H groups in total. The predicted octanol–water partition coefficient (Wildman–Crippen LogP) is 3.87. The van der Waals surface area contributed by atoms with Gasteiger partial charge in [-0.1, -0.05) is 6.92 Å². The maximum atomic E-state index is 13.0. The van der Waals surface area contributed by atoms with Crippen molar-refractivity contribution in [1.29, 1.82) is 0 Å². The third-order valence-electron chi connectivity index (χ3n) is 4.02. The van der Waals surface area contributed by atoms with E-state index in [1.165, 1.54) is 45.2 Å². The Hall–Kier alpha value is -3.08. The first kappa shape index (κ1) is 18.3. The molecule has 4 aromatic heterocycles. The minimum Gasteiger partial charge on any atom is -0.477 e. The number of pyridine rings is 1. The van der Waals surface area contributed by atoms with Crippen LogP contribution in [0.1, 0.15) is 23.0 Å². The first-order valence-corrected chi connectivity index (χ1v) is 9.08. The number of halogens is 3. The van der Waals surface area contributed by atoms with Gasteiger partial charge in [0.2, 0.25) is 0 Å². The van der Waals surface area contributed by atoms with Crippen molar-refractivity contribution in [3.63, 3.8) is 0 Å². The van der Waals surface area contributed by atoms with E-state index in [1.807, 2.05) is 6.92 Å². The van der Waals surface area contributed by atoms with E-state index >= 15 is 0 Å². The van der Waals surface area contributed by atoms with Crippen LogP contribution in [0.25, 0.3) is 22.6 Å². The number of hydrogen-bond acceptors (Lipinski definition) is 5. The first-order valence-electron chi connectivity index (χ1n) is 8.09. The summed E-state index contributed by atoms with van der Waals surface area (Å²) in [5.41, 5.74) is 0.572. The molecule has 0 aromatic carbocycles. The molecule has 0 atom stereocenters. The van der Waals surface area contributed by atoms with E-state index in [0.29, 0.717) is 27.7 Å². The van der Waals surface area contributed by atoms with E-state index in [9.17, 15) is 23.1 Å². The van der Waals surface area contributed by atoms with Gasteiger partial charge < -0.3 is 9.51 Å². The van der Waals surface area contributed by atoms with Gasteiger partial charge in [-0.15, -0.1) is 11.8 Å². The average Bonchev–Trinajstić information content (AvgIpc) is 3.20. The number of hydrogen-bond donors (Lipinski definition) is 1. The van der Waals surface area contributed by atoms with E-state index < -0.39 is 17.7 Å². The number of thioether (sulfide) groups is 1. The summed E-state index contributed by atoms with van der Waals surface area (Å²) in [5, 5.41) is 14.2. The molecule has 0 saturated heterocycles. The van der Waals surface area contributed by atoms with Gasteiger partial charge in [-0.25, -0.2) is 19.3 Å². The molecule has 4 heterocycles. The molecule has 0 spiro atoms. The topological polar surface area (TPSA) is 84.8 Å². The molecule has 0 fully saturated rings. The minimum atomic E-state index is -4.47. The number of imidazole rings is 1. The first-order chi connectivity index (χ1) is 13.3. The summed E-state index contributed by atoms with van der Waals surface area (Å²) in [7, 11) is 0. The highest BCUT2D eigenvalue weighted by molar-refractivity contribution is 7.99. The zero-order chi connectivity index (χ0) is 20.1. The Morgan fingerprint density at radius 2 is 2.04 bits per heavy atom. The summed E-state index contributed by atoms with van der Waals surface area (Å²) in [6, 6.07) is 3.57. The van der Waals surface area contributed by atoms with E-state index in [0.717, 1.165) is 12.3 Å². The summed E-state index contributed by atoms with van der Waals surface area (Å²) in [6.07, 6.45) is -0.706. The van der Waals surface area contributed by atoms with Crippen molar-refractivity contribution in [3.05, 3.63) is 48.0 Å². The lowest BCUT2D eigenvalue weighted by molar-refractivity contribution is -0.137. The van der Waals surface area contributed by atoms with Crippen molar-refractivity contribution in [2.24, 2.45) is 0 Å². The smallest absolute Gasteiger partial charge is 0.417 e. The number of rotatable bonds is 4. The number of fused-ring (bicyclic) bond motifs is 2. The van der Waals surface area contributed by atoms with Crippen LogP contribution in [0.2, 0.25) is 0 Å². The van der Waals surface area contributed by atoms with E-state index in [4.69, 9.17) is 0 Å². The fraction of sp³-hybridized carbons (Fsp3) is 0.176. The van der Waals surface area contributed by atoms with Crippen LogP contribution in [0.3, 0.4) is 0 Å². The SMILES string of the molecule is CCSc1nn2c(C(=O)O)ccnc2c1-c1cn2cc(C(F)(F)F)ccc2n1. The van der Waals surface area contributed by atoms with Crippen LogP contribution >= 0.6 is 11.8 Å². The molecule has 144 valence electrons. The van der Waals surface area contributed by atoms with E-state index in [-0.39, 0.29) is 11.3 Å². The Morgan fingerprint density at radius 1 is 1.25 bits per heavy atom. The number of carbonyl (C=O) groups is 1. The average molecular weight is 407 g/mol. The molecular weight excluding hydrogens is 395 g/mol. The maximum absolute atomic E-state index is 13.0. The molecule has 0 aliphatic heterocycles. The second kappa shape index (κ2) is 6.51. The molecule has 4 rings (SSSR count). The van der Waals surface area contributed by atoms with Crippen molar-refractivity contribution >= 4 is 29.0 Å². The van der Waals surface area contributed by atoms with Crippen LogP contribution in [-0.4, -0.2) is 40.8 Å². The van der Waals surface area contributed by atoms with Crippen LogP contribution in [-0.2, 0) is 6.18 Å². The third-order valence-corrected chi connectivity index (χ3v) is 4.87. The van der Waals surface area contributed by atoms with E-state index in [1.54, 1.807) is 0 Å². The number of carboxylic acid groups (broad SMARTS) is 1. The monoisotopic (exact) mass is 407 g/mol. The highest BCUT2D eigenvalue weighted by atomic mass is 32.2. The molecule has 28 heavy (non-hydrogen) atoms. The number of aromatic carboxylic acids is 1. The third kappa shape index (κ3) is 2.97. The highest BCUT2D eigenvalue weighted by Gasteiger charge is 2.31. The molecule has 0 aliphatic rings. The van der Waals surface area contributed by atoms with Crippen LogP contribution in [0, 0.1) is 0 Å². The number of alkyl halides is 3. The maximum Gasteiger partial charge on any atom is 0.417 e. The Morgan fingerprint density at radius 3 is 2.71 bits per heavy atom. The quantitative estimate of drug-likeness (QED) is 0.517. The second-order valence-electron chi connectivity index (χ2n) is 5.79. The van der Waals surface area contributed by atoms with Gasteiger partial charge in [0.15, 0.2) is 11.3 Å². The fourth-order valence-corrected chi connectivity index (χ4v) is 3.58. The molecule has 0 radical (unpaired) electrons. The summed E-state index contributed by atoms with van der Waals surface area (Å²) in [4.78, 5) is 20.1. The largest absolute Gasteiger partial charge is 0.477 e. The molecule has 0 amide bonds. The van der Waals surface area contributed by atoms with Gasteiger partial charge in [0.1, 0.15) is 10.7 Å². The summed E-state index contributed by atoms with van der Waals surface area (Å²) < 4.78 is 41.4. The van der Waals surface area contributed by atoms with Crippen molar-refractivity contribution in [2.45, 2.75) is 18.1 Å². The molecule has 4 aromatic rings. The van der Waals surface area contributed by atoms with Gasteiger partial charge in [0, 0.05) is 18.6 Å². The zero-order valence-electron chi connectivity index (χ0n) is 14.3. The lowest BCUT2D eigenvalue weighted by Gasteiger charge is -2.05. The Kier molecular flexibility index (Phi) is 4.26. The number of aromatic nitrogens is 5. The van der Waals surface area contributed by atoms with Crippen LogP contribution < -0.4 is 0 Å². The van der Waals surface area contributed by atoms with Crippen LogP contribution in [0.5, 0.6) is 0 Å². The van der Waals surface area contributed by atoms with Crippen LogP contribution in [0.4, 0.5) is 13.2 Å². The molecule has 0 unspecified atom stereocenters. The van der Waals surface area contributed by atoms with Gasteiger partial charge in [-0.3, -0.25) is 0 Å². The summed E-state index contributed by atoms with van der Waals surface area (Å²) in [5.74, 6) is -0.510. The Balaban J connectivity index is 1.96. The van der Waals surface area contributed by atoms with Gasteiger partial charge in [0.25, 0.3) is 0 Å². The standard InChI is InChI=1S/C17H12F3N5O2S/c1-2-28-15-13(14-21-6-5-11(16(26)27)25(14)23-15)10-8-24-7-9(17(18,19)20)3-4-12(24)22-10/h3-8H,2H2,1H3,(H,26,27). The molecule has 11 heteroatoms. The zero-order valence-corrected chi connectivity index (χ0v) is 15.1. The molecule has 7 nitrogen and oxygen atoms in total. The Labute approximate surface area is 159 Å². The van der Waals surface area contributed by atoms with Gasteiger partial charge in [-0.05, 0) is 24.0 Å². The van der Waals surface area contributed by atoms with Crippen molar-refractivity contribution < 1.29 is 23.1 Å². The highest BCUT2D eigenvalue weighted by Crippen LogP contribution is 2.35. The second-order valence-corrected chi connectivity index (χ2v) is 7.04.